The lowest BCUT2D eigenvalue weighted by Crippen LogP contribution is -2.34. The first-order chi connectivity index (χ1) is 7.91. The molecule has 92 valence electrons. The van der Waals surface area contributed by atoms with Gasteiger partial charge < -0.3 is 11.1 Å². The predicted octanol–water partition coefficient (Wildman–Crippen LogP) is 1.62. The lowest BCUT2D eigenvalue weighted by molar-refractivity contribution is 0.0947. The molecule has 1 rings (SSSR count). The maximum absolute atomic E-state index is 13.2. The Hall–Kier alpha value is -1.56. The third-order valence-electron chi connectivity index (χ3n) is 2.23. The minimum absolute atomic E-state index is 0.185. The van der Waals surface area contributed by atoms with E-state index in [9.17, 15) is 13.6 Å². The first kappa shape index (κ1) is 13.5. The average molecular weight is 258 g/mol. The second kappa shape index (κ2) is 5.67. The number of amides is 1. The van der Waals surface area contributed by atoms with Crippen LogP contribution in [0, 0.1) is 17.6 Å². The van der Waals surface area contributed by atoms with Crippen LogP contribution in [0.2, 0.25) is 0 Å². The largest absolute Gasteiger partial charge is 0.393 e. The van der Waals surface area contributed by atoms with Crippen molar-refractivity contribution in [2.24, 2.45) is 11.7 Å². The molecule has 3 nitrogen and oxygen atoms in total. The number of nitrogens with one attached hydrogen (secondary N) is 1. The normalized spacial score (nSPS) is 11.9. The van der Waals surface area contributed by atoms with Crippen molar-refractivity contribution in [1.29, 1.82) is 0 Å². The van der Waals surface area contributed by atoms with Gasteiger partial charge in [-0.1, -0.05) is 19.1 Å². The maximum atomic E-state index is 13.2. The summed E-state index contributed by atoms with van der Waals surface area (Å²) in [5, 5.41) is 2.44. The standard InChI is InChI=1S/C11H12F2N2OS/c1-6(10(14)17)5-15-11(16)8-4-7(12)2-3-9(8)13/h2-4,6H,5H2,1H3,(H2,14,17)(H,15,16). The molecule has 3 N–H and O–H groups in total. The Bertz CT molecular complexity index is 451. The van der Waals surface area contributed by atoms with Crippen molar-refractivity contribution in [3.05, 3.63) is 35.4 Å². The molecule has 1 unspecified atom stereocenters. The highest BCUT2D eigenvalue weighted by molar-refractivity contribution is 7.80. The van der Waals surface area contributed by atoms with Gasteiger partial charge in [-0.2, -0.15) is 0 Å². The molecule has 1 amide bonds. The van der Waals surface area contributed by atoms with Crippen LogP contribution in [0.15, 0.2) is 18.2 Å². The SMILES string of the molecule is CC(CNC(=O)c1cc(F)ccc1F)C(N)=S. The summed E-state index contributed by atoms with van der Waals surface area (Å²) in [6.07, 6.45) is 0. The van der Waals surface area contributed by atoms with Crippen molar-refractivity contribution in [2.45, 2.75) is 6.92 Å². The number of nitrogens with two attached hydrogens (primary N) is 1. The van der Waals surface area contributed by atoms with Crippen LogP contribution in [0.5, 0.6) is 0 Å². The van der Waals surface area contributed by atoms with Crippen molar-refractivity contribution in [3.63, 3.8) is 0 Å². The Labute approximate surface area is 103 Å². The summed E-state index contributed by atoms with van der Waals surface area (Å²) in [7, 11) is 0. The molecule has 1 aromatic carbocycles. The summed E-state index contributed by atoms with van der Waals surface area (Å²) in [6, 6.07) is 2.70. The molecule has 0 radical (unpaired) electrons. The third kappa shape index (κ3) is 3.74. The molecule has 0 saturated heterocycles. The van der Waals surface area contributed by atoms with Gasteiger partial charge in [0, 0.05) is 12.5 Å². The quantitative estimate of drug-likeness (QED) is 0.807. The van der Waals surface area contributed by atoms with E-state index in [-0.39, 0.29) is 23.0 Å². The number of hydrogen-bond donors (Lipinski definition) is 2. The molecule has 0 aromatic heterocycles. The summed E-state index contributed by atoms with van der Waals surface area (Å²) >= 11 is 4.73. The van der Waals surface area contributed by atoms with Gasteiger partial charge in [0.1, 0.15) is 11.6 Å². The van der Waals surface area contributed by atoms with Crippen molar-refractivity contribution < 1.29 is 13.6 Å². The molecule has 1 aromatic rings. The molecule has 0 aliphatic rings. The van der Waals surface area contributed by atoms with Crippen LogP contribution in [-0.2, 0) is 0 Å². The zero-order valence-electron chi connectivity index (χ0n) is 9.17. The minimum Gasteiger partial charge on any atom is -0.393 e. The number of hydrogen-bond acceptors (Lipinski definition) is 2. The molecule has 6 heteroatoms. The van der Waals surface area contributed by atoms with E-state index in [1.807, 2.05) is 0 Å². The average Bonchev–Trinajstić information content (AvgIpc) is 2.28. The summed E-state index contributed by atoms with van der Waals surface area (Å²) in [5.74, 6) is -2.33. The smallest absolute Gasteiger partial charge is 0.254 e. The fraction of sp³-hybridized carbons (Fsp3) is 0.273. The molecule has 0 bridgehead atoms. The van der Waals surface area contributed by atoms with E-state index in [0.29, 0.717) is 0 Å². The topological polar surface area (TPSA) is 55.1 Å². The van der Waals surface area contributed by atoms with Gasteiger partial charge in [-0.05, 0) is 18.2 Å². The fourth-order valence-corrected chi connectivity index (χ4v) is 1.20. The summed E-state index contributed by atoms with van der Waals surface area (Å²) in [4.78, 5) is 11.8. The van der Waals surface area contributed by atoms with Crippen LogP contribution < -0.4 is 11.1 Å². The first-order valence-corrected chi connectivity index (χ1v) is 5.35. The van der Waals surface area contributed by atoms with Gasteiger partial charge >= 0.3 is 0 Å². The van der Waals surface area contributed by atoms with Crippen LogP contribution in [0.1, 0.15) is 17.3 Å². The lowest BCUT2D eigenvalue weighted by Gasteiger charge is -2.11. The van der Waals surface area contributed by atoms with Crippen molar-refractivity contribution in [2.75, 3.05) is 6.54 Å². The first-order valence-electron chi connectivity index (χ1n) is 4.94. The molecular formula is C11H12F2N2OS. The third-order valence-corrected chi connectivity index (χ3v) is 2.63. The molecular weight excluding hydrogens is 246 g/mol. The highest BCUT2D eigenvalue weighted by atomic mass is 32.1. The molecule has 1 atom stereocenters. The molecule has 0 aliphatic carbocycles. The molecule has 0 fully saturated rings. The van der Waals surface area contributed by atoms with Crippen molar-refractivity contribution in [3.8, 4) is 0 Å². The summed E-state index contributed by atoms with van der Waals surface area (Å²) in [5.41, 5.74) is 5.03. The highest BCUT2D eigenvalue weighted by Crippen LogP contribution is 2.09. The van der Waals surface area contributed by atoms with E-state index >= 15 is 0 Å². The van der Waals surface area contributed by atoms with Gasteiger partial charge in [-0.25, -0.2) is 8.78 Å². The number of halogens is 2. The lowest BCUT2D eigenvalue weighted by atomic mass is 10.1. The van der Waals surface area contributed by atoms with Crippen LogP contribution in [0.3, 0.4) is 0 Å². The Kier molecular flexibility index (Phi) is 4.51. The van der Waals surface area contributed by atoms with Gasteiger partial charge in [-0.15, -0.1) is 0 Å². The van der Waals surface area contributed by atoms with Crippen molar-refractivity contribution >= 4 is 23.1 Å². The van der Waals surface area contributed by atoms with Crippen LogP contribution in [0.4, 0.5) is 8.78 Å². The van der Waals surface area contributed by atoms with Crippen LogP contribution in [0.25, 0.3) is 0 Å². The summed E-state index contributed by atoms with van der Waals surface area (Å²) < 4.78 is 26.1. The second-order valence-corrected chi connectivity index (χ2v) is 4.11. The Morgan fingerprint density at radius 1 is 1.53 bits per heavy atom. The van der Waals surface area contributed by atoms with Gasteiger partial charge in [0.2, 0.25) is 0 Å². The minimum atomic E-state index is -0.771. The van der Waals surface area contributed by atoms with E-state index in [0.717, 1.165) is 18.2 Å². The van der Waals surface area contributed by atoms with Crippen molar-refractivity contribution in [1.82, 2.24) is 5.32 Å². The molecule has 17 heavy (non-hydrogen) atoms. The zero-order chi connectivity index (χ0) is 13.0. The highest BCUT2D eigenvalue weighted by Gasteiger charge is 2.14. The summed E-state index contributed by atoms with van der Waals surface area (Å²) in [6.45, 7) is 1.91. The number of carbonyl (C=O) groups excluding carboxylic acids is 1. The Morgan fingerprint density at radius 2 is 2.18 bits per heavy atom. The van der Waals surface area contributed by atoms with E-state index in [4.69, 9.17) is 18.0 Å². The van der Waals surface area contributed by atoms with E-state index in [1.165, 1.54) is 0 Å². The fourth-order valence-electron chi connectivity index (χ4n) is 1.11. The van der Waals surface area contributed by atoms with E-state index < -0.39 is 17.5 Å². The monoisotopic (exact) mass is 258 g/mol. The van der Waals surface area contributed by atoms with E-state index in [2.05, 4.69) is 5.32 Å². The second-order valence-electron chi connectivity index (χ2n) is 3.64. The Balaban J connectivity index is 2.70. The number of thiocarbonyl (C=S) groups is 1. The zero-order valence-corrected chi connectivity index (χ0v) is 9.98. The van der Waals surface area contributed by atoms with E-state index in [1.54, 1.807) is 6.92 Å². The molecule has 0 spiro atoms. The number of carbonyl (C=O) groups is 1. The van der Waals surface area contributed by atoms with Gasteiger partial charge in [-0.3, -0.25) is 4.79 Å². The van der Waals surface area contributed by atoms with Crippen LogP contribution >= 0.6 is 12.2 Å². The Morgan fingerprint density at radius 3 is 2.76 bits per heavy atom. The number of rotatable bonds is 4. The molecule has 0 aliphatic heterocycles. The van der Waals surface area contributed by atoms with Crippen LogP contribution in [-0.4, -0.2) is 17.4 Å². The maximum Gasteiger partial charge on any atom is 0.254 e. The van der Waals surface area contributed by atoms with Gasteiger partial charge in [0.15, 0.2) is 0 Å². The molecule has 0 heterocycles. The van der Waals surface area contributed by atoms with Gasteiger partial charge in [0.25, 0.3) is 5.91 Å². The predicted molar refractivity (Wildman–Crippen MR) is 64.6 cm³/mol. The molecule has 0 saturated carbocycles. The number of benzene rings is 1. The van der Waals surface area contributed by atoms with Gasteiger partial charge in [0.05, 0.1) is 10.6 Å².